The van der Waals surface area contributed by atoms with Gasteiger partial charge in [0.15, 0.2) is 0 Å². The Bertz CT molecular complexity index is 588. The van der Waals surface area contributed by atoms with Crippen LogP contribution >= 0.6 is 23.2 Å². The van der Waals surface area contributed by atoms with Gasteiger partial charge in [-0.1, -0.05) is 23.2 Å². The van der Waals surface area contributed by atoms with Crippen LogP contribution in [0.4, 0.5) is 0 Å². The fourth-order valence-electron chi connectivity index (χ4n) is 1.76. The summed E-state index contributed by atoms with van der Waals surface area (Å²) in [7, 11) is 0. The van der Waals surface area contributed by atoms with Gasteiger partial charge < -0.3 is 10.5 Å². The topological polar surface area (TPSA) is 48.1 Å². The van der Waals surface area contributed by atoms with E-state index in [1.54, 1.807) is 24.5 Å². The summed E-state index contributed by atoms with van der Waals surface area (Å²) in [5, 5.41) is 1.10. The molecular formula is C14H14Cl2N2O. The molecule has 3 nitrogen and oxygen atoms in total. The smallest absolute Gasteiger partial charge is 0.139 e. The Balaban J connectivity index is 2.47. The molecular weight excluding hydrogens is 283 g/mol. The third kappa shape index (κ3) is 3.18. The quantitative estimate of drug-likeness (QED) is 0.930. The van der Waals surface area contributed by atoms with Crippen LogP contribution in [0.1, 0.15) is 12.5 Å². The lowest BCUT2D eigenvalue weighted by molar-refractivity contribution is 0.340. The second kappa shape index (κ2) is 6.24. The monoisotopic (exact) mass is 296 g/mol. The number of rotatable bonds is 4. The van der Waals surface area contributed by atoms with Crippen molar-refractivity contribution in [2.75, 3.05) is 6.61 Å². The predicted octanol–water partition coefficient (Wildman–Crippen LogP) is 3.91. The molecule has 1 heterocycles. The van der Waals surface area contributed by atoms with Crippen molar-refractivity contribution in [2.24, 2.45) is 5.73 Å². The van der Waals surface area contributed by atoms with Crippen LogP contribution < -0.4 is 10.5 Å². The first-order chi connectivity index (χ1) is 9.15. The third-order valence-electron chi connectivity index (χ3n) is 2.66. The predicted molar refractivity (Wildman–Crippen MR) is 78.8 cm³/mol. The minimum absolute atomic E-state index is 0.434. The Hall–Kier alpha value is -1.29. The lowest BCUT2D eigenvalue weighted by atomic mass is 10.1. The molecule has 100 valence electrons. The first-order valence-electron chi connectivity index (χ1n) is 5.92. The standard InChI is InChI=1S/C14H14Cl2N2O/c1-2-19-14-5-12(15)11(4-13(14)16)10-3-9(6-17)7-18-8-10/h3-5,7-8H,2,6,17H2,1H3. The van der Waals surface area contributed by atoms with Gasteiger partial charge in [0.1, 0.15) is 5.75 Å². The van der Waals surface area contributed by atoms with E-state index in [9.17, 15) is 0 Å². The molecule has 5 heteroatoms. The summed E-state index contributed by atoms with van der Waals surface area (Å²) >= 11 is 12.4. The van der Waals surface area contributed by atoms with Gasteiger partial charge >= 0.3 is 0 Å². The number of halogens is 2. The van der Waals surface area contributed by atoms with Crippen molar-refractivity contribution in [3.05, 3.63) is 46.2 Å². The van der Waals surface area contributed by atoms with Gasteiger partial charge in [-0.05, 0) is 24.6 Å². The molecule has 0 bridgehead atoms. The summed E-state index contributed by atoms with van der Waals surface area (Å²) in [5.74, 6) is 0.584. The Morgan fingerprint density at radius 3 is 2.63 bits per heavy atom. The van der Waals surface area contributed by atoms with E-state index in [2.05, 4.69) is 4.98 Å². The Labute approximate surface area is 122 Å². The molecule has 0 atom stereocenters. The molecule has 1 aromatic heterocycles. The van der Waals surface area contributed by atoms with Crippen LogP contribution in [-0.4, -0.2) is 11.6 Å². The van der Waals surface area contributed by atoms with E-state index in [1.165, 1.54) is 0 Å². The number of aromatic nitrogens is 1. The molecule has 0 saturated heterocycles. The molecule has 2 N–H and O–H groups in total. The van der Waals surface area contributed by atoms with Gasteiger partial charge in [0.25, 0.3) is 0 Å². The number of hydrogen-bond acceptors (Lipinski definition) is 3. The molecule has 0 fully saturated rings. The van der Waals surface area contributed by atoms with E-state index >= 15 is 0 Å². The highest BCUT2D eigenvalue weighted by molar-refractivity contribution is 6.36. The van der Waals surface area contributed by atoms with Gasteiger partial charge in [-0.2, -0.15) is 0 Å². The Morgan fingerprint density at radius 2 is 1.95 bits per heavy atom. The maximum Gasteiger partial charge on any atom is 0.139 e. The third-order valence-corrected chi connectivity index (χ3v) is 3.27. The number of nitrogens with zero attached hydrogens (tertiary/aromatic N) is 1. The molecule has 0 aliphatic rings. The average molecular weight is 297 g/mol. The van der Waals surface area contributed by atoms with E-state index in [4.69, 9.17) is 33.7 Å². The highest BCUT2D eigenvalue weighted by atomic mass is 35.5. The zero-order valence-corrected chi connectivity index (χ0v) is 12.0. The maximum atomic E-state index is 6.27. The fourth-order valence-corrected chi connectivity index (χ4v) is 2.24. The summed E-state index contributed by atoms with van der Waals surface area (Å²) in [6.07, 6.45) is 3.46. The number of hydrogen-bond donors (Lipinski definition) is 1. The van der Waals surface area contributed by atoms with Crippen molar-refractivity contribution in [1.29, 1.82) is 0 Å². The number of ether oxygens (including phenoxy) is 1. The van der Waals surface area contributed by atoms with Crippen LogP contribution in [-0.2, 0) is 6.54 Å². The largest absolute Gasteiger partial charge is 0.492 e. The molecule has 0 spiro atoms. The van der Waals surface area contributed by atoms with Crippen molar-refractivity contribution in [1.82, 2.24) is 4.98 Å². The van der Waals surface area contributed by atoms with E-state index in [1.807, 2.05) is 13.0 Å². The number of nitrogens with two attached hydrogens (primary N) is 1. The fraction of sp³-hybridized carbons (Fsp3) is 0.214. The van der Waals surface area contributed by atoms with Crippen molar-refractivity contribution in [2.45, 2.75) is 13.5 Å². The summed E-state index contributed by atoms with van der Waals surface area (Å²) < 4.78 is 5.40. The molecule has 0 radical (unpaired) electrons. The van der Waals surface area contributed by atoms with Crippen LogP contribution in [0.25, 0.3) is 11.1 Å². The van der Waals surface area contributed by atoms with E-state index in [0.717, 1.165) is 16.7 Å². The van der Waals surface area contributed by atoms with Crippen LogP contribution in [0, 0.1) is 0 Å². The first kappa shape index (κ1) is 14.1. The van der Waals surface area contributed by atoms with E-state index in [0.29, 0.717) is 28.9 Å². The van der Waals surface area contributed by atoms with Crippen LogP contribution in [0.15, 0.2) is 30.6 Å². The van der Waals surface area contributed by atoms with Crippen LogP contribution in [0.5, 0.6) is 5.75 Å². The zero-order valence-electron chi connectivity index (χ0n) is 10.5. The van der Waals surface area contributed by atoms with Crippen molar-refractivity contribution in [3.63, 3.8) is 0 Å². The van der Waals surface area contributed by atoms with Gasteiger partial charge in [0, 0.05) is 36.1 Å². The molecule has 0 aliphatic heterocycles. The highest BCUT2D eigenvalue weighted by Crippen LogP contribution is 2.36. The number of benzene rings is 1. The summed E-state index contributed by atoms with van der Waals surface area (Å²) in [6.45, 7) is 2.87. The van der Waals surface area contributed by atoms with Gasteiger partial charge in [-0.15, -0.1) is 0 Å². The molecule has 0 unspecified atom stereocenters. The molecule has 2 aromatic rings. The minimum Gasteiger partial charge on any atom is -0.492 e. The second-order valence-electron chi connectivity index (χ2n) is 3.98. The van der Waals surface area contributed by atoms with Crippen molar-refractivity contribution >= 4 is 23.2 Å². The molecule has 0 saturated carbocycles. The molecule has 1 aromatic carbocycles. The summed E-state index contributed by atoms with van der Waals surface area (Å²) in [5.41, 5.74) is 8.26. The normalized spacial score (nSPS) is 10.5. The van der Waals surface area contributed by atoms with Crippen molar-refractivity contribution in [3.8, 4) is 16.9 Å². The van der Waals surface area contributed by atoms with E-state index < -0.39 is 0 Å². The maximum absolute atomic E-state index is 6.27. The average Bonchev–Trinajstić information content (AvgIpc) is 2.43. The first-order valence-corrected chi connectivity index (χ1v) is 6.67. The molecule has 19 heavy (non-hydrogen) atoms. The van der Waals surface area contributed by atoms with Gasteiger partial charge in [0.05, 0.1) is 16.7 Å². The molecule has 0 aliphatic carbocycles. The molecule has 0 amide bonds. The van der Waals surface area contributed by atoms with Crippen LogP contribution in [0.2, 0.25) is 10.0 Å². The van der Waals surface area contributed by atoms with Gasteiger partial charge in [0.2, 0.25) is 0 Å². The second-order valence-corrected chi connectivity index (χ2v) is 4.80. The Kier molecular flexibility index (Phi) is 4.64. The Morgan fingerprint density at radius 1 is 1.16 bits per heavy atom. The van der Waals surface area contributed by atoms with E-state index in [-0.39, 0.29) is 0 Å². The van der Waals surface area contributed by atoms with Gasteiger partial charge in [-0.25, -0.2) is 0 Å². The lowest BCUT2D eigenvalue weighted by Crippen LogP contribution is -1.97. The summed E-state index contributed by atoms with van der Waals surface area (Å²) in [4.78, 5) is 4.15. The lowest BCUT2D eigenvalue weighted by Gasteiger charge is -2.11. The number of pyridine rings is 1. The SMILES string of the molecule is CCOc1cc(Cl)c(-c2cncc(CN)c2)cc1Cl. The minimum atomic E-state index is 0.434. The summed E-state index contributed by atoms with van der Waals surface area (Å²) in [6, 6.07) is 5.45. The van der Waals surface area contributed by atoms with Crippen LogP contribution in [0.3, 0.4) is 0 Å². The van der Waals surface area contributed by atoms with Gasteiger partial charge in [-0.3, -0.25) is 4.98 Å². The molecule has 2 rings (SSSR count). The van der Waals surface area contributed by atoms with Crippen molar-refractivity contribution < 1.29 is 4.74 Å². The highest BCUT2D eigenvalue weighted by Gasteiger charge is 2.10. The zero-order chi connectivity index (χ0) is 13.8.